The van der Waals surface area contributed by atoms with Crippen LogP contribution >= 0.6 is 0 Å². The molecular formula is C14H18N2O3. The highest BCUT2D eigenvalue weighted by Crippen LogP contribution is 2.30. The Bertz CT molecular complexity index is 537. The Hall–Kier alpha value is -1.88. The topological polar surface area (TPSA) is 68.4 Å². The zero-order chi connectivity index (χ0) is 13.8. The number of nitrogens with zero attached hydrogens (tertiary/aromatic N) is 2. The van der Waals surface area contributed by atoms with Crippen molar-refractivity contribution in [2.45, 2.75) is 26.9 Å². The van der Waals surface area contributed by atoms with Crippen molar-refractivity contribution in [2.75, 3.05) is 6.61 Å². The minimum Gasteiger partial charge on any atom is -0.507 e. The molecule has 0 fully saturated rings. The highest BCUT2D eigenvalue weighted by molar-refractivity contribution is 5.61. The van der Waals surface area contributed by atoms with Crippen molar-refractivity contribution in [3.63, 3.8) is 0 Å². The summed E-state index contributed by atoms with van der Waals surface area (Å²) in [6, 6.07) is 6.87. The van der Waals surface area contributed by atoms with Crippen LogP contribution in [0, 0.1) is 5.92 Å². The number of phenolic OH excluding ortho intramolecular Hbond substituents is 1. The van der Waals surface area contributed by atoms with Crippen LogP contribution < -0.4 is 0 Å². The van der Waals surface area contributed by atoms with Crippen LogP contribution in [0.1, 0.15) is 32.7 Å². The van der Waals surface area contributed by atoms with Gasteiger partial charge in [-0.3, -0.25) is 0 Å². The van der Waals surface area contributed by atoms with Gasteiger partial charge in [-0.25, -0.2) is 0 Å². The van der Waals surface area contributed by atoms with Gasteiger partial charge in [0, 0.05) is 6.61 Å². The van der Waals surface area contributed by atoms with Gasteiger partial charge in [0.15, 0.2) is 0 Å². The van der Waals surface area contributed by atoms with Gasteiger partial charge >= 0.3 is 0 Å². The Labute approximate surface area is 112 Å². The van der Waals surface area contributed by atoms with Gasteiger partial charge in [0.05, 0.1) is 5.56 Å². The summed E-state index contributed by atoms with van der Waals surface area (Å²) in [5.41, 5.74) is 0.528. The van der Waals surface area contributed by atoms with Crippen LogP contribution in [0.4, 0.5) is 0 Å². The predicted molar refractivity (Wildman–Crippen MR) is 70.6 cm³/mol. The Balaban J connectivity index is 2.30. The van der Waals surface area contributed by atoms with Crippen LogP contribution in [0.5, 0.6) is 5.75 Å². The Morgan fingerprint density at radius 3 is 2.68 bits per heavy atom. The zero-order valence-corrected chi connectivity index (χ0v) is 11.3. The first-order valence-electron chi connectivity index (χ1n) is 6.37. The van der Waals surface area contributed by atoms with E-state index >= 15 is 0 Å². The lowest BCUT2D eigenvalue weighted by Gasteiger charge is -2.16. The second-order valence-electron chi connectivity index (χ2n) is 4.59. The molecule has 5 heteroatoms. The van der Waals surface area contributed by atoms with E-state index in [0.29, 0.717) is 23.9 Å². The SMILES string of the molecule is CCOC(c1noc(-c2ccccc2O)n1)C(C)C. The molecule has 5 nitrogen and oxygen atoms in total. The zero-order valence-electron chi connectivity index (χ0n) is 11.3. The molecule has 1 heterocycles. The minimum atomic E-state index is -0.201. The molecule has 1 N–H and O–H groups in total. The van der Waals surface area contributed by atoms with Gasteiger partial charge in [-0.2, -0.15) is 4.98 Å². The molecule has 0 aliphatic carbocycles. The van der Waals surface area contributed by atoms with Crippen molar-refractivity contribution in [1.29, 1.82) is 0 Å². The highest BCUT2D eigenvalue weighted by atomic mass is 16.5. The standard InChI is InChI=1S/C14H18N2O3/c1-4-18-12(9(2)3)13-15-14(19-16-13)10-7-5-6-8-11(10)17/h5-9,12,17H,4H2,1-3H3. The number of rotatable bonds is 5. The molecule has 0 aliphatic rings. The summed E-state index contributed by atoms with van der Waals surface area (Å²) < 4.78 is 10.8. The van der Waals surface area contributed by atoms with Crippen molar-refractivity contribution in [2.24, 2.45) is 5.92 Å². The number of para-hydroxylation sites is 1. The van der Waals surface area contributed by atoms with Gasteiger partial charge in [0.25, 0.3) is 5.89 Å². The third-order valence-electron chi connectivity index (χ3n) is 2.78. The summed E-state index contributed by atoms with van der Waals surface area (Å²) in [4.78, 5) is 4.32. The van der Waals surface area contributed by atoms with E-state index in [2.05, 4.69) is 10.1 Å². The maximum atomic E-state index is 9.77. The fourth-order valence-corrected chi connectivity index (χ4v) is 1.86. The average molecular weight is 262 g/mol. The molecule has 19 heavy (non-hydrogen) atoms. The van der Waals surface area contributed by atoms with E-state index in [0.717, 1.165) is 0 Å². The number of aromatic hydroxyl groups is 1. The third kappa shape index (κ3) is 2.93. The molecule has 1 aromatic heterocycles. The average Bonchev–Trinajstić information content (AvgIpc) is 2.85. The fraction of sp³-hybridized carbons (Fsp3) is 0.429. The quantitative estimate of drug-likeness (QED) is 0.896. The molecule has 0 spiro atoms. The molecule has 0 bridgehead atoms. The van der Waals surface area contributed by atoms with Crippen molar-refractivity contribution in [3.8, 4) is 17.2 Å². The normalized spacial score (nSPS) is 12.8. The number of hydrogen-bond acceptors (Lipinski definition) is 5. The Kier molecular flexibility index (Phi) is 4.16. The first-order valence-corrected chi connectivity index (χ1v) is 6.37. The molecular weight excluding hydrogens is 244 g/mol. The van der Waals surface area contributed by atoms with Crippen molar-refractivity contribution in [1.82, 2.24) is 10.1 Å². The maximum absolute atomic E-state index is 9.77. The van der Waals surface area contributed by atoms with Gasteiger partial charge < -0.3 is 14.4 Å². The fourth-order valence-electron chi connectivity index (χ4n) is 1.86. The van der Waals surface area contributed by atoms with Crippen LogP contribution in [0.25, 0.3) is 11.5 Å². The Morgan fingerprint density at radius 1 is 1.32 bits per heavy atom. The molecule has 1 atom stereocenters. The molecule has 2 aromatic rings. The van der Waals surface area contributed by atoms with Gasteiger partial charge in [-0.05, 0) is 25.0 Å². The molecule has 0 radical (unpaired) electrons. The molecule has 2 rings (SSSR count). The molecule has 0 saturated heterocycles. The molecule has 1 aromatic carbocycles. The van der Waals surface area contributed by atoms with Gasteiger partial charge in [0.1, 0.15) is 11.9 Å². The van der Waals surface area contributed by atoms with E-state index in [9.17, 15) is 5.11 Å². The summed E-state index contributed by atoms with van der Waals surface area (Å²) in [5.74, 6) is 1.18. The second kappa shape index (κ2) is 5.84. The van der Waals surface area contributed by atoms with Crippen molar-refractivity contribution >= 4 is 0 Å². The van der Waals surface area contributed by atoms with E-state index in [1.165, 1.54) is 0 Å². The van der Waals surface area contributed by atoms with Crippen LogP contribution in [-0.2, 0) is 4.74 Å². The molecule has 0 amide bonds. The summed E-state index contributed by atoms with van der Waals surface area (Å²) >= 11 is 0. The molecule has 1 unspecified atom stereocenters. The first kappa shape index (κ1) is 13.5. The van der Waals surface area contributed by atoms with E-state index < -0.39 is 0 Å². The van der Waals surface area contributed by atoms with Gasteiger partial charge in [0.2, 0.25) is 5.82 Å². The number of aromatic nitrogens is 2. The monoisotopic (exact) mass is 262 g/mol. The van der Waals surface area contributed by atoms with Crippen LogP contribution in [0.2, 0.25) is 0 Å². The molecule has 0 saturated carbocycles. The van der Waals surface area contributed by atoms with Crippen LogP contribution in [0.3, 0.4) is 0 Å². The second-order valence-corrected chi connectivity index (χ2v) is 4.59. The minimum absolute atomic E-state index is 0.121. The van der Waals surface area contributed by atoms with E-state index in [1.54, 1.807) is 24.3 Å². The third-order valence-corrected chi connectivity index (χ3v) is 2.78. The number of ether oxygens (including phenoxy) is 1. The van der Waals surface area contributed by atoms with Gasteiger partial charge in [-0.15, -0.1) is 0 Å². The summed E-state index contributed by atoms with van der Waals surface area (Å²) in [6.07, 6.45) is -0.201. The lowest BCUT2D eigenvalue weighted by atomic mass is 10.1. The lowest BCUT2D eigenvalue weighted by Crippen LogP contribution is -2.12. The predicted octanol–water partition coefficient (Wildman–Crippen LogP) is 3.18. The Morgan fingerprint density at radius 2 is 2.05 bits per heavy atom. The molecule has 0 aliphatic heterocycles. The number of benzene rings is 1. The number of hydrogen-bond donors (Lipinski definition) is 1. The van der Waals surface area contributed by atoms with Crippen LogP contribution in [0.15, 0.2) is 28.8 Å². The molecule has 102 valence electrons. The van der Waals surface area contributed by atoms with Crippen LogP contribution in [-0.4, -0.2) is 21.9 Å². The first-order chi connectivity index (χ1) is 9.13. The summed E-state index contributed by atoms with van der Waals surface area (Å²) in [6.45, 7) is 6.59. The van der Waals surface area contributed by atoms with Gasteiger partial charge in [-0.1, -0.05) is 31.1 Å². The highest BCUT2D eigenvalue weighted by Gasteiger charge is 2.23. The lowest BCUT2D eigenvalue weighted by molar-refractivity contribution is 0.0217. The van der Waals surface area contributed by atoms with Crippen molar-refractivity contribution in [3.05, 3.63) is 30.1 Å². The number of phenols is 1. The van der Waals surface area contributed by atoms with Crippen molar-refractivity contribution < 1.29 is 14.4 Å². The van der Waals surface area contributed by atoms with E-state index in [-0.39, 0.29) is 17.8 Å². The largest absolute Gasteiger partial charge is 0.507 e. The summed E-state index contributed by atoms with van der Waals surface area (Å²) in [5, 5.41) is 13.7. The van der Waals surface area contributed by atoms with E-state index in [1.807, 2.05) is 20.8 Å². The summed E-state index contributed by atoms with van der Waals surface area (Å²) in [7, 11) is 0. The smallest absolute Gasteiger partial charge is 0.261 e. The van der Waals surface area contributed by atoms with E-state index in [4.69, 9.17) is 9.26 Å². The maximum Gasteiger partial charge on any atom is 0.261 e.